The highest BCUT2D eigenvalue weighted by atomic mass is 79.9. The van der Waals surface area contributed by atoms with E-state index < -0.39 is 0 Å². The zero-order chi connectivity index (χ0) is 21.7. The molecule has 3 rings (SSSR count). The number of halogens is 2. The number of para-hydroxylation sites is 1. The maximum atomic E-state index is 12.4. The minimum atomic E-state index is -0.0892. The zero-order valence-electron chi connectivity index (χ0n) is 17.1. The molecule has 2 aromatic carbocycles. The fourth-order valence-corrected chi connectivity index (χ4v) is 4.10. The second kappa shape index (κ2) is 10.3. The summed E-state index contributed by atoms with van der Waals surface area (Å²) in [5, 5.41) is 3.47. The Hall–Kier alpha value is -2.09. The molecule has 6 nitrogen and oxygen atoms in total. The molecule has 1 aliphatic rings. The Balaban J connectivity index is 1.44. The Morgan fingerprint density at radius 1 is 1.10 bits per heavy atom. The topological polar surface area (TPSA) is 61.9 Å². The number of carbonyl (C=O) groups excluding carboxylic acids is 2. The van der Waals surface area contributed by atoms with Crippen LogP contribution >= 0.6 is 27.5 Å². The fourth-order valence-electron chi connectivity index (χ4n) is 3.37. The Bertz CT molecular complexity index is 910. The highest BCUT2D eigenvalue weighted by Gasteiger charge is 2.23. The van der Waals surface area contributed by atoms with Crippen molar-refractivity contribution in [3.63, 3.8) is 0 Å². The molecule has 0 aliphatic carbocycles. The number of aryl methyl sites for hydroxylation is 2. The van der Waals surface area contributed by atoms with E-state index in [4.69, 9.17) is 16.3 Å². The first-order valence-corrected chi connectivity index (χ1v) is 10.9. The predicted octanol–water partition coefficient (Wildman–Crippen LogP) is 3.88. The van der Waals surface area contributed by atoms with Crippen molar-refractivity contribution in [3.8, 4) is 5.75 Å². The summed E-state index contributed by atoms with van der Waals surface area (Å²) >= 11 is 9.46. The van der Waals surface area contributed by atoms with Crippen molar-refractivity contribution in [2.45, 2.75) is 13.8 Å². The number of carbonyl (C=O) groups is 2. The van der Waals surface area contributed by atoms with Gasteiger partial charge in [0.1, 0.15) is 5.75 Å². The van der Waals surface area contributed by atoms with Crippen molar-refractivity contribution in [1.29, 1.82) is 0 Å². The summed E-state index contributed by atoms with van der Waals surface area (Å²) < 4.78 is 6.42. The number of nitrogens with zero attached hydrogens (tertiary/aromatic N) is 2. The van der Waals surface area contributed by atoms with Crippen molar-refractivity contribution in [2.24, 2.45) is 0 Å². The lowest BCUT2D eigenvalue weighted by atomic mass is 10.1. The molecule has 1 aliphatic heterocycles. The van der Waals surface area contributed by atoms with Crippen LogP contribution in [0.3, 0.4) is 0 Å². The van der Waals surface area contributed by atoms with Gasteiger partial charge in [-0.05, 0) is 43.2 Å². The molecule has 0 radical (unpaired) electrons. The Morgan fingerprint density at radius 2 is 1.77 bits per heavy atom. The van der Waals surface area contributed by atoms with Gasteiger partial charge in [0.15, 0.2) is 6.61 Å². The molecule has 160 valence electrons. The summed E-state index contributed by atoms with van der Waals surface area (Å²) in [4.78, 5) is 28.7. The molecule has 0 atom stereocenters. The third-order valence-electron chi connectivity index (χ3n) is 5.08. The largest absolute Gasteiger partial charge is 0.482 e. The van der Waals surface area contributed by atoms with Gasteiger partial charge in [0.05, 0.1) is 11.6 Å². The van der Waals surface area contributed by atoms with E-state index in [-0.39, 0.29) is 18.4 Å². The van der Waals surface area contributed by atoms with Crippen molar-refractivity contribution >= 4 is 45.0 Å². The lowest BCUT2D eigenvalue weighted by Crippen LogP contribution is -2.51. The molecule has 0 bridgehead atoms. The molecule has 0 spiro atoms. The van der Waals surface area contributed by atoms with Crippen molar-refractivity contribution in [3.05, 3.63) is 57.0 Å². The van der Waals surface area contributed by atoms with Gasteiger partial charge in [-0.15, -0.1) is 0 Å². The number of nitrogens with one attached hydrogen (secondary N) is 1. The van der Waals surface area contributed by atoms with Crippen LogP contribution in [0, 0.1) is 13.8 Å². The second-order valence-corrected chi connectivity index (χ2v) is 8.66. The predicted molar refractivity (Wildman–Crippen MR) is 122 cm³/mol. The summed E-state index contributed by atoms with van der Waals surface area (Å²) in [6.07, 6.45) is 0. The molecule has 0 unspecified atom stereocenters. The van der Waals surface area contributed by atoms with Gasteiger partial charge in [-0.3, -0.25) is 14.5 Å². The summed E-state index contributed by atoms with van der Waals surface area (Å²) in [6, 6.07) is 11.2. The van der Waals surface area contributed by atoms with Crippen LogP contribution in [-0.4, -0.2) is 60.9 Å². The van der Waals surface area contributed by atoms with E-state index in [9.17, 15) is 9.59 Å². The Morgan fingerprint density at radius 3 is 2.40 bits per heavy atom. The van der Waals surface area contributed by atoms with E-state index in [1.165, 1.54) is 0 Å². The van der Waals surface area contributed by atoms with Crippen LogP contribution < -0.4 is 10.1 Å². The maximum Gasteiger partial charge on any atom is 0.260 e. The summed E-state index contributed by atoms with van der Waals surface area (Å²) in [5.74, 6) is 0.351. The third-order valence-corrected chi connectivity index (χ3v) is 5.87. The van der Waals surface area contributed by atoms with Crippen LogP contribution in [0.5, 0.6) is 5.75 Å². The summed E-state index contributed by atoms with van der Waals surface area (Å²) in [5.41, 5.74) is 2.97. The summed E-state index contributed by atoms with van der Waals surface area (Å²) in [6.45, 7) is 6.62. The third kappa shape index (κ3) is 5.97. The molecule has 2 amide bonds. The van der Waals surface area contributed by atoms with Crippen molar-refractivity contribution in [1.82, 2.24) is 9.80 Å². The molecule has 1 saturated heterocycles. The number of hydrogen-bond acceptors (Lipinski definition) is 4. The van der Waals surface area contributed by atoms with Gasteiger partial charge < -0.3 is 15.0 Å². The maximum absolute atomic E-state index is 12.4. The van der Waals surface area contributed by atoms with Crippen LogP contribution in [-0.2, 0) is 9.59 Å². The Kier molecular flexibility index (Phi) is 7.75. The Labute approximate surface area is 190 Å². The highest BCUT2D eigenvalue weighted by molar-refractivity contribution is 9.10. The molecule has 2 aromatic rings. The van der Waals surface area contributed by atoms with Crippen LogP contribution in [0.2, 0.25) is 5.02 Å². The lowest BCUT2D eigenvalue weighted by Gasteiger charge is -2.34. The van der Waals surface area contributed by atoms with E-state index in [2.05, 4.69) is 26.1 Å². The van der Waals surface area contributed by atoms with Gasteiger partial charge >= 0.3 is 0 Å². The molecule has 1 N–H and O–H groups in total. The number of amides is 2. The van der Waals surface area contributed by atoms with Gasteiger partial charge in [-0.2, -0.15) is 0 Å². The first kappa shape index (κ1) is 22.6. The molecule has 30 heavy (non-hydrogen) atoms. The fraction of sp³-hybridized carbons (Fsp3) is 0.364. The van der Waals surface area contributed by atoms with E-state index in [0.717, 1.165) is 21.3 Å². The van der Waals surface area contributed by atoms with E-state index >= 15 is 0 Å². The second-order valence-electron chi connectivity index (χ2n) is 7.34. The van der Waals surface area contributed by atoms with Crippen LogP contribution in [0.4, 0.5) is 5.69 Å². The zero-order valence-corrected chi connectivity index (χ0v) is 19.4. The molecular formula is C22H25BrClN3O3. The highest BCUT2D eigenvalue weighted by Crippen LogP contribution is 2.27. The number of anilines is 1. The van der Waals surface area contributed by atoms with Gasteiger partial charge in [-0.25, -0.2) is 0 Å². The molecule has 8 heteroatoms. The molecule has 0 aromatic heterocycles. The van der Waals surface area contributed by atoms with Gasteiger partial charge in [-0.1, -0.05) is 45.7 Å². The van der Waals surface area contributed by atoms with Crippen molar-refractivity contribution < 1.29 is 14.3 Å². The number of ether oxygens (including phenoxy) is 1. The number of rotatable bonds is 6. The average Bonchev–Trinajstić information content (AvgIpc) is 2.70. The average molecular weight is 495 g/mol. The van der Waals surface area contributed by atoms with E-state index in [1.807, 2.05) is 38.1 Å². The SMILES string of the molecule is Cc1cccc(C)c1NC(=O)CN1CCN(C(=O)COc2ccc(Br)cc2Cl)CC1. The molecular weight excluding hydrogens is 470 g/mol. The minimum Gasteiger partial charge on any atom is -0.482 e. The van der Waals surface area contributed by atoms with Gasteiger partial charge in [0.2, 0.25) is 5.91 Å². The van der Waals surface area contributed by atoms with Crippen molar-refractivity contribution in [2.75, 3.05) is 44.6 Å². The standard InChI is InChI=1S/C22H25BrClN3O3/c1-15-4-3-5-16(2)22(15)25-20(28)13-26-8-10-27(11-9-26)21(29)14-30-19-7-6-17(23)12-18(19)24/h3-7,12H,8-11,13-14H2,1-2H3,(H,25,28). The first-order valence-electron chi connectivity index (χ1n) is 9.77. The number of benzene rings is 2. The normalized spacial score (nSPS) is 14.5. The molecule has 1 fully saturated rings. The lowest BCUT2D eigenvalue weighted by molar-refractivity contribution is -0.135. The number of piperazine rings is 1. The van der Waals surface area contributed by atoms with Crippen LogP contribution in [0.25, 0.3) is 0 Å². The molecule has 1 heterocycles. The summed E-state index contributed by atoms with van der Waals surface area (Å²) in [7, 11) is 0. The molecule has 0 saturated carbocycles. The van der Waals surface area contributed by atoms with Gasteiger partial charge in [0, 0.05) is 36.3 Å². The van der Waals surface area contributed by atoms with Crippen LogP contribution in [0.1, 0.15) is 11.1 Å². The van der Waals surface area contributed by atoms with E-state index in [0.29, 0.717) is 43.5 Å². The van der Waals surface area contributed by atoms with Gasteiger partial charge in [0.25, 0.3) is 5.91 Å². The smallest absolute Gasteiger partial charge is 0.260 e. The first-order chi connectivity index (χ1) is 14.3. The minimum absolute atomic E-state index is 0.0413. The number of hydrogen-bond donors (Lipinski definition) is 1. The van der Waals surface area contributed by atoms with E-state index in [1.54, 1.807) is 17.0 Å². The van der Waals surface area contributed by atoms with Crippen LogP contribution in [0.15, 0.2) is 40.9 Å². The quantitative estimate of drug-likeness (QED) is 0.662. The monoisotopic (exact) mass is 493 g/mol.